The Hall–Kier alpha value is -3.12. The van der Waals surface area contributed by atoms with E-state index in [1.165, 1.54) is 0 Å². The Kier molecular flexibility index (Phi) is 5.39. The molecule has 1 unspecified atom stereocenters. The molecular formula is C21H20ClN5O. The van der Waals surface area contributed by atoms with Crippen molar-refractivity contribution in [2.24, 2.45) is 0 Å². The lowest BCUT2D eigenvalue weighted by Gasteiger charge is -2.18. The number of amides is 1. The van der Waals surface area contributed by atoms with Crippen LogP contribution in [-0.4, -0.2) is 25.1 Å². The van der Waals surface area contributed by atoms with E-state index >= 15 is 0 Å². The van der Waals surface area contributed by atoms with Crippen LogP contribution < -0.4 is 5.32 Å². The predicted octanol–water partition coefficient (Wildman–Crippen LogP) is 3.67. The number of hydrogen-bond acceptors (Lipinski definition) is 3. The number of nitrogens with one attached hydrogen (secondary N) is 1. The molecule has 3 aromatic heterocycles. The van der Waals surface area contributed by atoms with Gasteiger partial charge in [-0.1, -0.05) is 29.8 Å². The number of hydrogen-bond donors (Lipinski definition) is 1. The fourth-order valence-electron chi connectivity index (χ4n) is 3.25. The number of pyridine rings is 1. The molecular weight excluding hydrogens is 374 g/mol. The van der Waals surface area contributed by atoms with Crippen LogP contribution in [-0.2, 0) is 17.9 Å². The first-order chi connectivity index (χ1) is 13.7. The summed E-state index contributed by atoms with van der Waals surface area (Å²) in [6.07, 6.45) is 6.27. The van der Waals surface area contributed by atoms with Gasteiger partial charge in [-0.3, -0.25) is 9.20 Å². The summed E-state index contributed by atoms with van der Waals surface area (Å²) < 4.78 is 3.95. The first-order valence-corrected chi connectivity index (χ1v) is 9.48. The second-order valence-corrected chi connectivity index (χ2v) is 7.09. The fraction of sp³-hybridized carbons (Fsp3) is 0.190. The van der Waals surface area contributed by atoms with Crippen molar-refractivity contribution in [2.75, 3.05) is 0 Å². The molecule has 0 radical (unpaired) electrons. The highest BCUT2D eigenvalue weighted by Gasteiger charge is 2.17. The highest BCUT2D eigenvalue weighted by molar-refractivity contribution is 6.30. The van der Waals surface area contributed by atoms with Gasteiger partial charge in [0.1, 0.15) is 0 Å². The second-order valence-electron chi connectivity index (χ2n) is 6.65. The third-order valence-corrected chi connectivity index (χ3v) is 4.95. The molecule has 0 spiro atoms. The monoisotopic (exact) mass is 393 g/mol. The van der Waals surface area contributed by atoms with Gasteiger partial charge in [-0.15, -0.1) is 10.2 Å². The van der Waals surface area contributed by atoms with Crippen molar-refractivity contribution in [3.63, 3.8) is 0 Å². The first kappa shape index (κ1) is 18.3. The number of fused-ring (bicyclic) bond motifs is 1. The van der Waals surface area contributed by atoms with Crippen molar-refractivity contribution < 1.29 is 4.79 Å². The number of carbonyl (C=O) groups is 1. The van der Waals surface area contributed by atoms with E-state index in [9.17, 15) is 4.79 Å². The molecule has 0 aliphatic rings. The Balaban J connectivity index is 1.44. The Bertz CT molecular complexity index is 1060. The van der Waals surface area contributed by atoms with E-state index in [0.29, 0.717) is 23.8 Å². The van der Waals surface area contributed by atoms with Crippen LogP contribution in [0, 0.1) is 0 Å². The second kappa shape index (κ2) is 8.27. The molecule has 0 aliphatic heterocycles. The Morgan fingerprint density at radius 1 is 1.00 bits per heavy atom. The summed E-state index contributed by atoms with van der Waals surface area (Å²) >= 11 is 6.02. The molecule has 1 aromatic carbocycles. The first-order valence-electron chi connectivity index (χ1n) is 9.10. The van der Waals surface area contributed by atoms with E-state index in [0.717, 1.165) is 17.8 Å². The van der Waals surface area contributed by atoms with E-state index in [1.54, 1.807) is 0 Å². The van der Waals surface area contributed by atoms with Gasteiger partial charge in [-0.2, -0.15) is 0 Å². The lowest BCUT2D eigenvalue weighted by atomic mass is 9.95. The molecule has 3 heterocycles. The standard InChI is InChI=1S/C21H20ClN5O/c22-18-8-6-16(7-9-18)17(15-26-10-3-4-11-26)13-21(28)23-14-20-25-24-19-5-1-2-12-27(19)20/h1-12,17H,13-15H2,(H,23,28). The molecule has 4 rings (SSSR count). The maximum atomic E-state index is 12.6. The normalized spacial score (nSPS) is 12.2. The van der Waals surface area contributed by atoms with Crippen LogP contribution in [0.3, 0.4) is 0 Å². The van der Waals surface area contributed by atoms with Gasteiger partial charge >= 0.3 is 0 Å². The molecule has 0 bridgehead atoms. The summed E-state index contributed by atoms with van der Waals surface area (Å²) in [5.41, 5.74) is 1.85. The molecule has 1 amide bonds. The number of rotatable bonds is 7. The fourth-order valence-corrected chi connectivity index (χ4v) is 3.38. The molecule has 1 N–H and O–H groups in total. The highest BCUT2D eigenvalue weighted by atomic mass is 35.5. The molecule has 142 valence electrons. The molecule has 0 saturated heterocycles. The zero-order chi connectivity index (χ0) is 19.3. The Morgan fingerprint density at radius 2 is 1.75 bits per heavy atom. The molecule has 4 aromatic rings. The SMILES string of the molecule is O=C(CC(Cn1cccc1)c1ccc(Cl)cc1)NCc1nnc2ccccn12. The van der Waals surface area contributed by atoms with Crippen molar-refractivity contribution in [1.29, 1.82) is 0 Å². The van der Waals surface area contributed by atoms with Gasteiger partial charge < -0.3 is 9.88 Å². The maximum Gasteiger partial charge on any atom is 0.221 e. The van der Waals surface area contributed by atoms with Crippen LogP contribution >= 0.6 is 11.6 Å². The summed E-state index contributed by atoms with van der Waals surface area (Å²) in [7, 11) is 0. The average Bonchev–Trinajstić information content (AvgIpc) is 3.36. The maximum absolute atomic E-state index is 12.6. The molecule has 6 nitrogen and oxygen atoms in total. The summed E-state index contributed by atoms with van der Waals surface area (Å²) in [4.78, 5) is 12.6. The number of nitrogens with zero attached hydrogens (tertiary/aromatic N) is 4. The van der Waals surface area contributed by atoms with Gasteiger partial charge in [0.25, 0.3) is 0 Å². The highest BCUT2D eigenvalue weighted by Crippen LogP contribution is 2.24. The summed E-state index contributed by atoms with van der Waals surface area (Å²) in [5, 5.41) is 11.9. The minimum Gasteiger partial charge on any atom is -0.354 e. The molecule has 7 heteroatoms. The van der Waals surface area contributed by atoms with Gasteiger partial charge in [0.05, 0.1) is 6.54 Å². The van der Waals surface area contributed by atoms with E-state index in [-0.39, 0.29) is 11.8 Å². The van der Waals surface area contributed by atoms with E-state index in [2.05, 4.69) is 20.1 Å². The minimum atomic E-state index is -0.0280. The van der Waals surface area contributed by atoms with Gasteiger partial charge in [0, 0.05) is 42.5 Å². The van der Waals surface area contributed by atoms with Crippen LogP contribution in [0.15, 0.2) is 73.2 Å². The van der Waals surface area contributed by atoms with Crippen LogP contribution in [0.2, 0.25) is 5.02 Å². The molecule has 0 aliphatic carbocycles. The van der Waals surface area contributed by atoms with Gasteiger partial charge in [0.15, 0.2) is 11.5 Å². The predicted molar refractivity (Wildman–Crippen MR) is 108 cm³/mol. The van der Waals surface area contributed by atoms with Crippen molar-refractivity contribution in [3.05, 3.63) is 89.6 Å². The number of aromatic nitrogens is 4. The Labute approximate surface area is 167 Å². The van der Waals surface area contributed by atoms with Crippen LogP contribution in [0.4, 0.5) is 0 Å². The van der Waals surface area contributed by atoms with Gasteiger partial charge in [0.2, 0.25) is 5.91 Å². The quantitative estimate of drug-likeness (QED) is 0.521. The van der Waals surface area contributed by atoms with E-state index in [4.69, 9.17) is 11.6 Å². The van der Waals surface area contributed by atoms with Crippen molar-refractivity contribution in [2.45, 2.75) is 25.4 Å². The van der Waals surface area contributed by atoms with E-state index < -0.39 is 0 Å². The van der Waals surface area contributed by atoms with Crippen molar-refractivity contribution in [3.8, 4) is 0 Å². The number of benzene rings is 1. The largest absolute Gasteiger partial charge is 0.354 e. The zero-order valence-electron chi connectivity index (χ0n) is 15.2. The molecule has 28 heavy (non-hydrogen) atoms. The van der Waals surface area contributed by atoms with Crippen LogP contribution in [0.1, 0.15) is 23.7 Å². The third-order valence-electron chi connectivity index (χ3n) is 4.70. The van der Waals surface area contributed by atoms with Crippen LogP contribution in [0.25, 0.3) is 5.65 Å². The minimum absolute atomic E-state index is 0.0280. The lowest BCUT2D eigenvalue weighted by Crippen LogP contribution is -2.26. The Morgan fingerprint density at radius 3 is 2.54 bits per heavy atom. The lowest BCUT2D eigenvalue weighted by molar-refractivity contribution is -0.121. The summed E-state index contributed by atoms with van der Waals surface area (Å²) in [6, 6.07) is 17.3. The summed E-state index contributed by atoms with van der Waals surface area (Å²) in [6.45, 7) is 1.05. The summed E-state index contributed by atoms with van der Waals surface area (Å²) in [5.74, 6) is 0.719. The zero-order valence-corrected chi connectivity index (χ0v) is 16.0. The van der Waals surface area contributed by atoms with Gasteiger partial charge in [-0.25, -0.2) is 0 Å². The van der Waals surface area contributed by atoms with Crippen molar-refractivity contribution >= 4 is 23.2 Å². The molecule has 0 saturated carbocycles. The average molecular weight is 394 g/mol. The smallest absolute Gasteiger partial charge is 0.221 e. The number of halogens is 1. The van der Waals surface area contributed by atoms with Gasteiger partial charge in [-0.05, 0) is 42.0 Å². The number of carbonyl (C=O) groups excluding carboxylic acids is 1. The molecule has 1 atom stereocenters. The topological polar surface area (TPSA) is 64.2 Å². The van der Waals surface area contributed by atoms with Crippen LogP contribution in [0.5, 0.6) is 0 Å². The molecule has 0 fully saturated rings. The third kappa shape index (κ3) is 4.23. The van der Waals surface area contributed by atoms with E-state index in [1.807, 2.05) is 77.6 Å². The van der Waals surface area contributed by atoms with Crippen molar-refractivity contribution in [1.82, 2.24) is 24.5 Å².